The number of hydrogen-bond acceptors (Lipinski definition) is 6. The third-order valence-corrected chi connectivity index (χ3v) is 2.62. The first-order valence-corrected chi connectivity index (χ1v) is 5.52. The van der Waals surface area contributed by atoms with E-state index in [0.29, 0.717) is 5.82 Å². The number of aromatic nitrogens is 2. The zero-order valence-corrected chi connectivity index (χ0v) is 10.9. The molecule has 1 unspecified atom stereocenters. The van der Waals surface area contributed by atoms with Gasteiger partial charge in [0, 0.05) is 0 Å². The molecule has 0 bridgehead atoms. The second-order valence-electron chi connectivity index (χ2n) is 4.41. The SMILES string of the molecule is Cc1noc(OCC(=O)NC(C)(C#N)C(C)C)n1. The van der Waals surface area contributed by atoms with Crippen molar-refractivity contribution in [2.24, 2.45) is 5.92 Å². The number of amides is 1. The molecule has 0 aliphatic heterocycles. The highest BCUT2D eigenvalue weighted by atomic mass is 16.6. The van der Waals surface area contributed by atoms with Crippen LogP contribution in [-0.2, 0) is 4.79 Å². The van der Waals surface area contributed by atoms with Gasteiger partial charge in [-0.3, -0.25) is 9.32 Å². The fourth-order valence-corrected chi connectivity index (χ4v) is 1.09. The van der Waals surface area contributed by atoms with Crippen molar-refractivity contribution in [3.8, 4) is 12.1 Å². The Balaban J connectivity index is 2.50. The van der Waals surface area contributed by atoms with Crippen LogP contribution in [0.2, 0.25) is 0 Å². The van der Waals surface area contributed by atoms with Gasteiger partial charge in [-0.25, -0.2) is 0 Å². The van der Waals surface area contributed by atoms with E-state index in [9.17, 15) is 4.79 Å². The number of rotatable bonds is 5. The number of aryl methyl sites for hydroxylation is 1. The molecule has 0 saturated heterocycles. The Morgan fingerprint density at radius 2 is 2.33 bits per heavy atom. The summed E-state index contributed by atoms with van der Waals surface area (Å²) in [5, 5.41) is 15.2. The number of nitrogens with one attached hydrogen (secondary N) is 1. The maximum Gasteiger partial charge on any atom is 0.417 e. The maximum absolute atomic E-state index is 11.6. The Morgan fingerprint density at radius 3 is 2.78 bits per heavy atom. The van der Waals surface area contributed by atoms with E-state index in [-0.39, 0.29) is 18.6 Å². The molecule has 1 N–H and O–H groups in total. The molecule has 0 aliphatic carbocycles. The van der Waals surface area contributed by atoms with Crippen molar-refractivity contribution in [1.29, 1.82) is 5.26 Å². The third-order valence-electron chi connectivity index (χ3n) is 2.62. The second-order valence-corrected chi connectivity index (χ2v) is 4.41. The van der Waals surface area contributed by atoms with Gasteiger partial charge in [-0.15, -0.1) is 0 Å². The van der Waals surface area contributed by atoms with Crippen molar-refractivity contribution >= 4 is 5.91 Å². The summed E-state index contributed by atoms with van der Waals surface area (Å²) in [4.78, 5) is 15.4. The fraction of sp³-hybridized carbons (Fsp3) is 0.636. The topological polar surface area (TPSA) is 101 Å². The van der Waals surface area contributed by atoms with E-state index in [0.717, 1.165) is 0 Å². The summed E-state index contributed by atoms with van der Waals surface area (Å²) in [5.41, 5.74) is -0.925. The van der Waals surface area contributed by atoms with Crippen molar-refractivity contribution in [3.05, 3.63) is 5.82 Å². The van der Waals surface area contributed by atoms with Crippen LogP contribution >= 0.6 is 0 Å². The predicted molar refractivity (Wildman–Crippen MR) is 61.5 cm³/mol. The van der Waals surface area contributed by atoms with Gasteiger partial charge in [0.05, 0.1) is 6.07 Å². The van der Waals surface area contributed by atoms with Gasteiger partial charge < -0.3 is 10.1 Å². The standard InChI is InChI=1S/C11H16N4O3/c1-7(2)11(4,6-12)14-9(16)5-17-10-13-8(3)15-18-10/h7H,5H2,1-4H3,(H,14,16). The van der Waals surface area contributed by atoms with E-state index in [4.69, 9.17) is 14.5 Å². The Kier molecular flexibility index (Phi) is 4.26. The Labute approximate surface area is 105 Å². The number of nitrogens with zero attached hydrogens (tertiary/aromatic N) is 3. The first kappa shape index (κ1) is 14.0. The third kappa shape index (κ3) is 3.45. The van der Waals surface area contributed by atoms with Gasteiger partial charge in [0.25, 0.3) is 5.91 Å². The highest BCUT2D eigenvalue weighted by Gasteiger charge is 2.30. The quantitative estimate of drug-likeness (QED) is 0.832. The number of carbonyl (C=O) groups excluding carboxylic acids is 1. The minimum atomic E-state index is -0.925. The lowest BCUT2D eigenvalue weighted by Crippen LogP contribution is -2.50. The normalized spacial score (nSPS) is 13.8. The molecule has 1 aromatic rings. The van der Waals surface area contributed by atoms with Crippen molar-refractivity contribution in [1.82, 2.24) is 15.5 Å². The number of hydrogen-bond donors (Lipinski definition) is 1. The van der Waals surface area contributed by atoms with E-state index in [1.807, 2.05) is 13.8 Å². The summed E-state index contributed by atoms with van der Waals surface area (Å²) in [7, 11) is 0. The molecule has 18 heavy (non-hydrogen) atoms. The molecule has 7 heteroatoms. The van der Waals surface area contributed by atoms with E-state index in [1.165, 1.54) is 0 Å². The molecule has 0 aromatic carbocycles. The lowest BCUT2D eigenvalue weighted by atomic mass is 9.90. The lowest BCUT2D eigenvalue weighted by molar-refractivity contribution is -0.125. The van der Waals surface area contributed by atoms with Gasteiger partial charge in [-0.1, -0.05) is 19.0 Å². The van der Waals surface area contributed by atoms with Crippen LogP contribution in [0.4, 0.5) is 0 Å². The first-order chi connectivity index (χ1) is 8.37. The first-order valence-electron chi connectivity index (χ1n) is 5.52. The summed E-state index contributed by atoms with van der Waals surface area (Å²) >= 11 is 0. The molecule has 1 aromatic heterocycles. The zero-order valence-electron chi connectivity index (χ0n) is 10.9. The van der Waals surface area contributed by atoms with E-state index in [1.54, 1.807) is 13.8 Å². The fourth-order valence-electron chi connectivity index (χ4n) is 1.09. The smallest absolute Gasteiger partial charge is 0.417 e. The second kappa shape index (κ2) is 5.49. The van der Waals surface area contributed by atoms with Crippen LogP contribution in [0.5, 0.6) is 6.08 Å². The lowest BCUT2D eigenvalue weighted by Gasteiger charge is -2.26. The van der Waals surface area contributed by atoms with Crippen molar-refractivity contribution < 1.29 is 14.1 Å². The maximum atomic E-state index is 11.6. The van der Waals surface area contributed by atoms with Gasteiger partial charge in [0.2, 0.25) is 0 Å². The number of ether oxygens (including phenoxy) is 1. The van der Waals surface area contributed by atoms with Gasteiger partial charge >= 0.3 is 6.08 Å². The molecule has 0 aliphatic rings. The molecule has 1 amide bonds. The summed E-state index contributed by atoms with van der Waals surface area (Å²) < 4.78 is 9.69. The molecule has 1 rings (SSSR count). The van der Waals surface area contributed by atoms with Crippen LogP contribution in [0.1, 0.15) is 26.6 Å². The molecule has 1 atom stereocenters. The van der Waals surface area contributed by atoms with Crippen LogP contribution < -0.4 is 10.1 Å². The van der Waals surface area contributed by atoms with Gasteiger partial charge in [0.15, 0.2) is 12.4 Å². The molecular weight excluding hydrogens is 236 g/mol. The molecule has 0 fully saturated rings. The predicted octanol–water partition coefficient (Wildman–Crippen LogP) is 0.811. The number of carbonyl (C=O) groups is 1. The highest BCUT2D eigenvalue weighted by molar-refractivity contribution is 5.78. The summed E-state index contributed by atoms with van der Waals surface area (Å²) in [6.07, 6.45) is -0.0640. The Bertz CT molecular complexity index is 463. The van der Waals surface area contributed by atoms with Crippen molar-refractivity contribution in [2.45, 2.75) is 33.2 Å². The summed E-state index contributed by atoms with van der Waals surface area (Å²) in [6, 6.07) is 2.07. The van der Waals surface area contributed by atoms with Crippen molar-refractivity contribution in [3.63, 3.8) is 0 Å². The zero-order chi connectivity index (χ0) is 13.8. The molecule has 0 spiro atoms. The number of nitriles is 1. The highest BCUT2D eigenvalue weighted by Crippen LogP contribution is 2.15. The Hall–Kier alpha value is -2.10. The average Bonchev–Trinajstić information content (AvgIpc) is 2.72. The van der Waals surface area contributed by atoms with Gasteiger partial charge in [0.1, 0.15) is 5.54 Å². The van der Waals surface area contributed by atoms with Gasteiger partial charge in [-0.2, -0.15) is 10.2 Å². The van der Waals surface area contributed by atoms with E-state index >= 15 is 0 Å². The van der Waals surface area contributed by atoms with Crippen LogP contribution in [0, 0.1) is 24.2 Å². The average molecular weight is 252 g/mol. The molecule has 7 nitrogen and oxygen atoms in total. The molecule has 98 valence electrons. The van der Waals surface area contributed by atoms with E-state index < -0.39 is 11.4 Å². The van der Waals surface area contributed by atoms with Crippen LogP contribution in [-0.4, -0.2) is 28.2 Å². The van der Waals surface area contributed by atoms with Crippen molar-refractivity contribution in [2.75, 3.05) is 6.61 Å². The summed E-state index contributed by atoms with van der Waals surface area (Å²) in [5.74, 6) is -0.00449. The molecular formula is C11H16N4O3. The van der Waals surface area contributed by atoms with Crippen LogP contribution in [0.15, 0.2) is 4.52 Å². The molecule has 0 radical (unpaired) electrons. The monoisotopic (exact) mass is 252 g/mol. The molecule has 1 heterocycles. The van der Waals surface area contributed by atoms with Gasteiger partial charge in [-0.05, 0) is 19.8 Å². The minimum absolute atomic E-state index is 0.0166. The van der Waals surface area contributed by atoms with Crippen LogP contribution in [0.3, 0.4) is 0 Å². The largest absolute Gasteiger partial charge is 0.439 e. The van der Waals surface area contributed by atoms with E-state index in [2.05, 4.69) is 21.5 Å². The Morgan fingerprint density at radius 1 is 1.67 bits per heavy atom. The minimum Gasteiger partial charge on any atom is -0.439 e. The van der Waals surface area contributed by atoms with Crippen LogP contribution in [0.25, 0.3) is 0 Å². The molecule has 0 saturated carbocycles. The summed E-state index contributed by atoms with van der Waals surface area (Å²) in [6.45, 7) is 6.73.